The van der Waals surface area contributed by atoms with Gasteiger partial charge in [0.05, 0.1) is 0 Å². The van der Waals surface area contributed by atoms with E-state index in [0.717, 1.165) is 51.9 Å². The van der Waals surface area contributed by atoms with E-state index in [1.165, 1.54) is 0 Å². The second-order valence-electron chi connectivity index (χ2n) is 9.62. The molecule has 0 amide bonds. The van der Waals surface area contributed by atoms with Gasteiger partial charge in [0.25, 0.3) is 0 Å². The number of carbonyl (C=O) groups excluding carboxylic acids is 2. The van der Waals surface area contributed by atoms with Gasteiger partial charge in [-0.05, 0) is 92.4 Å². The summed E-state index contributed by atoms with van der Waals surface area (Å²) in [7, 11) is 0. The van der Waals surface area contributed by atoms with Crippen molar-refractivity contribution in [2.45, 2.75) is 77.4 Å². The van der Waals surface area contributed by atoms with Crippen molar-refractivity contribution in [1.29, 1.82) is 0 Å². The van der Waals surface area contributed by atoms with Crippen molar-refractivity contribution in [1.82, 2.24) is 10.6 Å². The van der Waals surface area contributed by atoms with E-state index in [1.54, 1.807) is 0 Å². The Balaban J connectivity index is 1.61. The zero-order chi connectivity index (χ0) is 19.7. The first kappa shape index (κ1) is 20.6. The molecular weight excluding hydrogens is 344 g/mol. The van der Waals surface area contributed by atoms with Crippen LogP contribution in [0.15, 0.2) is 0 Å². The highest BCUT2D eigenvalue weighted by atomic mass is 16.6. The van der Waals surface area contributed by atoms with Crippen LogP contribution in [0.1, 0.15) is 66.2 Å². The highest BCUT2D eigenvalue weighted by Gasteiger charge is 2.61. The minimum absolute atomic E-state index is 0.320. The predicted octanol–water partition coefficient (Wildman–Crippen LogP) is 2.41. The molecule has 2 saturated heterocycles. The smallest absolute Gasteiger partial charge is 0.324 e. The molecule has 0 aromatic heterocycles. The fourth-order valence-electron chi connectivity index (χ4n) is 4.49. The van der Waals surface area contributed by atoms with E-state index in [1.807, 2.05) is 27.7 Å². The van der Waals surface area contributed by atoms with Gasteiger partial charge in [0.2, 0.25) is 0 Å². The SMILES string of the molecule is CC(C)(OC(=O)C1(C(=O)OC(C)(C)C2CCNCC2)CC1)C1CCNCC1. The summed E-state index contributed by atoms with van der Waals surface area (Å²) in [5.41, 5.74) is -2.19. The third-order valence-electron chi connectivity index (χ3n) is 6.89. The van der Waals surface area contributed by atoms with Crippen molar-refractivity contribution in [2.24, 2.45) is 17.3 Å². The van der Waals surface area contributed by atoms with Gasteiger partial charge in [-0.2, -0.15) is 0 Å². The summed E-state index contributed by atoms with van der Waals surface area (Å²) in [6.45, 7) is 11.7. The maximum absolute atomic E-state index is 12.9. The molecule has 0 aromatic carbocycles. The van der Waals surface area contributed by atoms with E-state index in [0.29, 0.717) is 24.7 Å². The maximum atomic E-state index is 12.9. The number of carbonyl (C=O) groups is 2. The quantitative estimate of drug-likeness (QED) is 0.544. The van der Waals surface area contributed by atoms with Crippen LogP contribution in [-0.4, -0.2) is 49.3 Å². The van der Waals surface area contributed by atoms with E-state index in [9.17, 15) is 9.59 Å². The lowest BCUT2D eigenvalue weighted by Crippen LogP contribution is -2.47. The van der Waals surface area contributed by atoms with E-state index in [-0.39, 0.29) is 0 Å². The highest BCUT2D eigenvalue weighted by Crippen LogP contribution is 2.50. The van der Waals surface area contributed by atoms with Gasteiger partial charge >= 0.3 is 11.9 Å². The van der Waals surface area contributed by atoms with Crippen LogP contribution in [0.2, 0.25) is 0 Å². The molecule has 0 unspecified atom stereocenters. The summed E-state index contributed by atoms with van der Waals surface area (Å²) in [6, 6.07) is 0. The van der Waals surface area contributed by atoms with Gasteiger partial charge in [-0.25, -0.2) is 0 Å². The molecule has 6 heteroatoms. The first-order valence-electron chi connectivity index (χ1n) is 10.6. The molecule has 0 aromatic rings. The molecule has 1 aliphatic carbocycles. The number of nitrogens with one attached hydrogen (secondary N) is 2. The van der Waals surface area contributed by atoms with Crippen molar-refractivity contribution in [2.75, 3.05) is 26.2 Å². The van der Waals surface area contributed by atoms with Gasteiger partial charge < -0.3 is 20.1 Å². The van der Waals surface area contributed by atoms with Crippen molar-refractivity contribution in [3.63, 3.8) is 0 Å². The van der Waals surface area contributed by atoms with Crippen LogP contribution in [0.4, 0.5) is 0 Å². The predicted molar refractivity (Wildman–Crippen MR) is 103 cm³/mol. The van der Waals surface area contributed by atoms with Gasteiger partial charge in [-0.1, -0.05) is 0 Å². The highest BCUT2D eigenvalue weighted by molar-refractivity contribution is 6.03. The molecule has 1 saturated carbocycles. The van der Waals surface area contributed by atoms with Crippen LogP contribution in [0.25, 0.3) is 0 Å². The zero-order valence-corrected chi connectivity index (χ0v) is 17.4. The Labute approximate surface area is 163 Å². The van der Waals surface area contributed by atoms with Crippen LogP contribution < -0.4 is 10.6 Å². The summed E-state index contributed by atoms with van der Waals surface area (Å²) in [5, 5.41) is 6.68. The van der Waals surface area contributed by atoms with Gasteiger partial charge in [-0.3, -0.25) is 9.59 Å². The average Bonchev–Trinajstić information content (AvgIpc) is 3.45. The summed E-state index contributed by atoms with van der Waals surface area (Å²) in [5.74, 6) is -0.143. The summed E-state index contributed by atoms with van der Waals surface area (Å²) < 4.78 is 11.8. The normalized spacial score (nSPS) is 24.3. The molecule has 27 heavy (non-hydrogen) atoms. The van der Waals surface area contributed by atoms with Crippen LogP contribution >= 0.6 is 0 Å². The third-order valence-corrected chi connectivity index (χ3v) is 6.89. The second-order valence-corrected chi connectivity index (χ2v) is 9.62. The molecular formula is C21H36N2O4. The molecule has 6 nitrogen and oxygen atoms in total. The average molecular weight is 381 g/mol. The van der Waals surface area contributed by atoms with E-state index in [4.69, 9.17) is 9.47 Å². The standard InChI is InChI=1S/C21H36N2O4/c1-19(2,15-5-11-22-12-6-15)26-17(24)21(9-10-21)18(25)27-20(3,4)16-7-13-23-14-8-16/h15-16,22-23H,5-14H2,1-4H3. The lowest BCUT2D eigenvalue weighted by molar-refractivity contribution is -0.185. The molecule has 3 rings (SSSR count). The maximum Gasteiger partial charge on any atom is 0.324 e. The van der Waals surface area contributed by atoms with Crippen LogP contribution in [0.3, 0.4) is 0 Å². The van der Waals surface area contributed by atoms with Gasteiger partial charge in [0, 0.05) is 11.8 Å². The number of rotatable bonds is 6. The van der Waals surface area contributed by atoms with Crippen LogP contribution in [0.5, 0.6) is 0 Å². The second kappa shape index (κ2) is 7.70. The monoisotopic (exact) mass is 380 g/mol. The van der Waals surface area contributed by atoms with Crippen molar-refractivity contribution >= 4 is 11.9 Å². The van der Waals surface area contributed by atoms with Crippen molar-refractivity contribution in [3.8, 4) is 0 Å². The summed E-state index contributed by atoms with van der Waals surface area (Å²) >= 11 is 0. The number of esters is 2. The number of hydrogen-bond donors (Lipinski definition) is 2. The minimum Gasteiger partial charge on any atom is -0.459 e. The Morgan fingerprint density at radius 1 is 0.741 bits per heavy atom. The minimum atomic E-state index is -1.08. The van der Waals surface area contributed by atoms with Crippen molar-refractivity contribution in [3.05, 3.63) is 0 Å². The first-order chi connectivity index (χ1) is 12.7. The summed E-state index contributed by atoms with van der Waals surface area (Å²) in [6.07, 6.45) is 5.02. The number of hydrogen-bond acceptors (Lipinski definition) is 6. The van der Waals surface area contributed by atoms with E-state index < -0.39 is 28.6 Å². The van der Waals surface area contributed by atoms with E-state index >= 15 is 0 Å². The van der Waals surface area contributed by atoms with Crippen LogP contribution in [-0.2, 0) is 19.1 Å². The molecule has 3 aliphatic rings. The number of ether oxygens (including phenoxy) is 2. The topological polar surface area (TPSA) is 76.7 Å². The Morgan fingerprint density at radius 2 is 1.07 bits per heavy atom. The third kappa shape index (κ3) is 4.48. The molecule has 0 spiro atoms. The molecule has 154 valence electrons. The van der Waals surface area contributed by atoms with Crippen molar-refractivity contribution < 1.29 is 19.1 Å². The molecule has 2 N–H and O–H groups in total. The Hall–Kier alpha value is -1.14. The number of piperidine rings is 2. The Kier molecular flexibility index (Phi) is 5.88. The molecule has 3 fully saturated rings. The lowest BCUT2D eigenvalue weighted by Gasteiger charge is -2.39. The molecule has 0 atom stereocenters. The lowest BCUT2D eigenvalue weighted by atomic mass is 9.83. The van der Waals surface area contributed by atoms with Gasteiger partial charge in [0.1, 0.15) is 11.2 Å². The summed E-state index contributed by atoms with van der Waals surface area (Å²) in [4.78, 5) is 25.9. The molecule has 2 heterocycles. The Morgan fingerprint density at radius 3 is 1.37 bits per heavy atom. The van der Waals surface area contributed by atoms with Gasteiger partial charge in [0.15, 0.2) is 5.41 Å². The molecule has 0 radical (unpaired) electrons. The molecule has 0 bridgehead atoms. The first-order valence-corrected chi connectivity index (χ1v) is 10.6. The Bertz CT molecular complexity index is 511. The molecule has 2 aliphatic heterocycles. The zero-order valence-electron chi connectivity index (χ0n) is 17.4. The fraction of sp³-hybridized carbons (Fsp3) is 0.905. The van der Waals surface area contributed by atoms with Crippen LogP contribution in [0, 0.1) is 17.3 Å². The van der Waals surface area contributed by atoms with E-state index in [2.05, 4.69) is 10.6 Å². The fourth-order valence-corrected chi connectivity index (χ4v) is 4.49. The largest absolute Gasteiger partial charge is 0.459 e. The van der Waals surface area contributed by atoms with Gasteiger partial charge in [-0.15, -0.1) is 0 Å².